The Kier molecular flexibility index (Phi) is 3.15. The van der Waals surface area contributed by atoms with Gasteiger partial charge in [0.05, 0.1) is 17.2 Å². The zero-order valence-electron chi connectivity index (χ0n) is 8.44. The fourth-order valence-corrected chi connectivity index (χ4v) is 2.98. The minimum atomic E-state index is 0.256. The molecule has 0 radical (unpaired) electrons. The van der Waals surface area contributed by atoms with Gasteiger partial charge in [0.2, 0.25) is 0 Å². The van der Waals surface area contributed by atoms with Crippen molar-refractivity contribution in [3.63, 3.8) is 0 Å². The molecule has 1 aromatic heterocycles. The predicted molar refractivity (Wildman–Crippen MR) is 58.7 cm³/mol. The van der Waals surface area contributed by atoms with Gasteiger partial charge in [-0.3, -0.25) is 11.3 Å². The molecule has 1 aliphatic rings. The highest BCUT2D eigenvalue weighted by atomic mass is 32.1. The number of nitrogens with one attached hydrogen (secondary N) is 1. The summed E-state index contributed by atoms with van der Waals surface area (Å²) >= 11 is 1.64. The fraction of sp³-hybridized carbons (Fsp3) is 0.700. The van der Waals surface area contributed by atoms with Crippen molar-refractivity contribution in [2.45, 2.75) is 32.2 Å². The van der Waals surface area contributed by atoms with Crippen molar-refractivity contribution < 1.29 is 0 Å². The van der Waals surface area contributed by atoms with Crippen molar-refractivity contribution in [2.24, 2.45) is 17.7 Å². The molecule has 1 saturated carbocycles. The second kappa shape index (κ2) is 4.38. The first kappa shape index (κ1) is 10.1. The molecule has 78 valence electrons. The van der Waals surface area contributed by atoms with Crippen LogP contribution in [0.1, 0.15) is 37.9 Å². The minimum absolute atomic E-state index is 0.256. The van der Waals surface area contributed by atoms with Crippen LogP contribution < -0.4 is 11.3 Å². The topological polar surface area (TPSA) is 50.9 Å². The third kappa shape index (κ3) is 1.97. The number of hydrazine groups is 1. The average Bonchev–Trinajstić information content (AvgIpc) is 2.79. The number of nitrogens with two attached hydrogens (primary N) is 1. The van der Waals surface area contributed by atoms with E-state index < -0.39 is 0 Å². The Hall–Kier alpha value is -0.450. The molecule has 0 aliphatic heterocycles. The van der Waals surface area contributed by atoms with Gasteiger partial charge < -0.3 is 0 Å². The minimum Gasteiger partial charge on any atom is -0.271 e. The highest BCUT2D eigenvalue weighted by Crippen LogP contribution is 2.38. The highest BCUT2D eigenvalue weighted by molar-refractivity contribution is 7.07. The van der Waals surface area contributed by atoms with Gasteiger partial charge >= 0.3 is 0 Å². The molecule has 1 aliphatic carbocycles. The first-order chi connectivity index (χ1) is 6.81. The van der Waals surface area contributed by atoms with Crippen LogP contribution in [0.25, 0.3) is 0 Å². The molecule has 3 N–H and O–H groups in total. The van der Waals surface area contributed by atoms with Crippen LogP contribution in [0.4, 0.5) is 0 Å². The Balaban J connectivity index is 2.07. The van der Waals surface area contributed by atoms with E-state index in [0.717, 1.165) is 11.6 Å². The van der Waals surface area contributed by atoms with Gasteiger partial charge in [-0.1, -0.05) is 13.3 Å². The van der Waals surface area contributed by atoms with E-state index in [-0.39, 0.29) is 6.04 Å². The molecule has 3 atom stereocenters. The molecule has 1 aromatic rings. The van der Waals surface area contributed by atoms with Gasteiger partial charge in [-0.05, 0) is 24.7 Å². The molecule has 3 unspecified atom stereocenters. The highest BCUT2D eigenvalue weighted by Gasteiger charge is 2.29. The maximum absolute atomic E-state index is 5.60. The Morgan fingerprint density at radius 2 is 2.50 bits per heavy atom. The van der Waals surface area contributed by atoms with Crippen LogP contribution in [0.5, 0.6) is 0 Å². The van der Waals surface area contributed by atoms with E-state index in [1.165, 1.54) is 19.3 Å². The van der Waals surface area contributed by atoms with Crippen LogP contribution in [0.2, 0.25) is 0 Å². The summed E-state index contributed by atoms with van der Waals surface area (Å²) in [4.78, 5) is 4.33. The Labute approximate surface area is 88.7 Å². The summed E-state index contributed by atoms with van der Waals surface area (Å²) in [7, 11) is 0. The van der Waals surface area contributed by atoms with Crippen LogP contribution in [0.15, 0.2) is 10.9 Å². The molecule has 3 nitrogen and oxygen atoms in total. The molecule has 0 saturated heterocycles. The second-order valence-corrected chi connectivity index (χ2v) is 4.95. The van der Waals surface area contributed by atoms with Crippen molar-refractivity contribution in [2.75, 3.05) is 0 Å². The van der Waals surface area contributed by atoms with Crippen LogP contribution in [0, 0.1) is 11.8 Å². The summed E-state index contributed by atoms with van der Waals surface area (Å²) in [5.41, 5.74) is 5.89. The van der Waals surface area contributed by atoms with Crippen LogP contribution in [-0.4, -0.2) is 4.98 Å². The van der Waals surface area contributed by atoms with Crippen molar-refractivity contribution in [1.82, 2.24) is 10.4 Å². The summed E-state index contributed by atoms with van der Waals surface area (Å²) in [5, 5.41) is 2.09. The molecule has 1 fully saturated rings. The van der Waals surface area contributed by atoms with Gasteiger partial charge in [-0.25, -0.2) is 4.98 Å². The third-order valence-electron chi connectivity index (χ3n) is 3.16. The number of hydrogen-bond donors (Lipinski definition) is 2. The molecule has 0 bridgehead atoms. The fourth-order valence-electron chi connectivity index (χ4n) is 2.39. The lowest BCUT2D eigenvalue weighted by Crippen LogP contribution is -2.33. The summed E-state index contributed by atoms with van der Waals surface area (Å²) in [6.07, 6.45) is 3.87. The van der Waals surface area contributed by atoms with Crippen molar-refractivity contribution in [3.8, 4) is 0 Å². The lowest BCUT2D eigenvalue weighted by atomic mass is 9.95. The molecular formula is C10H17N3S. The molecular weight excluding hydrogens is 194 g/mol. The first-order valence-corrected chi connectivity index (χ1v) is 6.09. The number of hydrogen-bond acceptors (Lipinski definition) is 4. The number of nitrogens with zero attached hydrogens (tertiary/aromatic N) is 1. The second-order valence-electron chi connectivity index (χ2n) is 4.24. The van der Waals surface area contributed by atoms with E-state index >= 15 is 0 Å². The standard InChI is InChI=1S/C10H17N3S/c1-7-2-3-8(4-7)10(13-11)9-5-14-6-12-9/h5-8,10,13H,2-4,11H2,1H3. The normalized spacial score (nSPS) is 29.3. The number of thiazole rings is 1. The lowest BCUT2D eigenvalue weighted by Gasteiger charge is -2.20. The van der Waals surface area contributed by atoms with Gasteiger partial charge in [0.15, 0.2) is 0 Å². The first-order valence-electron chi connectivity index (χ1n) is 5.15. The van der Waals surface area contributed by atoms with E-state index in [2.05, 4.69) is 22.7 Å². The average molecular weight is 211 g/mol. The maximum atomic E-state index is 5.60. The summed E-state index contributed by atoms with van der Waals surface area (Å²) in [6, 6.07) is 0.256. The molecule has 0 spiro atoms. The van der Waals surface area contributed by atoms with Gasteiger partial charge in [-0.2, -0.15) is 0 Å². The maximum Gasteiger partial charge on any atom is 0.0795 e. The monoisotopic (exact) mass is 211 g/mol. The zero-order chi connectivity index (χ0) is 9.97. The van der Waals surface area contributed by atoms with Gasteiger partial charge in [-0.15, -0.1) is 11.3 Å². The third-order valence-corrected chi connectivity index (χ3v) is 3.76. The Morgan fingerprint density at radius 1 is 1.64 bits per heavy atom. The molecule has 2 rings (SSSR count). The van der Waals surface area contributed by atoms with Crippen LogP contribution in [-0.2, 0) is 0 Å². The molecule has 1 heterocycles. The number of rotatable bonds is 3. The molecule has 0 aromatic carbocycles. The Morgan fingerprint density at radius 3 is 3.00 bits per heavy atom. The summed E-state index contributed by atoms with van der Waals surface area (Å²) in [5.74, 6) is 7.11. The largest absolute Gasteiger partial charge is 0.271 e. The molecule has 14 heavy (non-hydrogen) atoms. The summed E-state index contributed by atoms with van der Waals surface area (Å²) in [6.45, 7) is 2.31. The van der Waals surface area contributed by atoms with Gasteiger partial charge in [0, 0.05) is 5.38 Å². The van der Waals surface area contributed by atoms with Crippen molar-refractivity contribution >= 4 is 11.3 Å². The quantitative estimate of drug-likeness (QED) is 0.594. The van der Waals surface area contributed by atoms with E-state index in [9.17, 15) is 0 Å². The van der Waals surface area contributed by atoms with Gasteiger partial charge in [0.25, 0.3) is 0 Å². The van der Waals surface area contributed by atoms with E-state index in [0.29, 0.717) is 5.92 Å². The molecule has 0 amide bonds. The van der Waals surface area contributed by atoms with E-state index in [1.807, 2.05) is 5.51 Å². The Bertz CT molecular complexity index is 273. The smallest absolute Gasteiger partial charge is 0.0795 e. The van der Waals surface area contributed by atoms with E-state index in [4.69, 9.17) is 5.84 Å². The van der Waals surface area contributed by atoms with Crippen LogP contribution >= 0.6 is 11.3 Å². The SMILES string of the molecule is CC1CCC(C(NN)c2cscn2)C1. The molecule has 4 heteroatoms. The van der Waals surface area contributed by atoms with Crippen molar-refractivity contribution in [1.29, 1.82) is 0 Å². The van der Waals surface area contributed by atoms with Crippen LogP contribution in [0.3, 0.4) is 0 Å². The zero-order valence-corrected chi connectivity index (χ0v) is 9.26. The summed E-state index contributed by atoms with van der Waals surface area (Å²) < 4.78 is 0. The lowest BCUT2D eigenvalue weighted by molar-refractivity contribution is 0.358. The number of aromatic nitrogens is 1. The van der Waals surface area contributed by atoms with Crippen molar-refractivity contribution in [3.05, 3.63) is 16.6 Å². The van der Waals surface area contributed by atoms with E-state index in [1.54, 1.807) is 11.3 Å². The van der Waals surface area contributed by atoms with Gasteiger partial charge in [0.1, 0.15) is 0 Å². The predicted octanol–water partition coefficient (Wildman–Crippen LogP) is 2.08.